The Balaban J connectivity index is 3.17. The van der Waals surface area contributed by atoms with E-state index in [-0.39, 0.29) is 6.07 Å². The van der Waals surface area contributed by atoms with Gasteiger partial charge in [-0.15, -0.1) is 0 Å². The molecule has 0 heterocycles. The lowest BCUT2D eigenvalue weighted by Crippen LogP contribution is -2.23. The molecular formula is C10H7F5O3. The van der Waals surface area contributed by atoms with Crippen molar-refractivity contribution in [3.05, 3.63) is 35.1 Å². The van der Waals surface area contributed by atoms with Gasteiger partial charge in [-0.25, -0.2) is 13.6 Å². The third-order valence-electron chi connectivity index (χ3n) is 2.15. The van der Waals surface area contributed by atoms with Crippen LogP contribution >= 0.6 is 0 Å². The fourth-order valence-electron chi connectivity index (χ4n) is 1.25. The molecule has 0 aliphatic carbocycles. The Bertz CT molecular complexity index is 457. The number of aliphatic hydroxyl groups excluding tert-OH is 1. The highest BCUT2D eigenvalue weighted by Crippen LogP contribution is 2.33. The number of rotatable bonds is 3. The van der Waals surface area contributed by atoms with E-state index in [1.807, 2.05) is 0 Å². The van der Waals surface area contributed by atoms with Crippen LogP contribution in [0.5, 0.6) is 0 Å². The summed E-state index contributed by atoms with van der Waals surface area (Å²) < 4.78 is 62.7. The van der Waals surface area contributed by atoms with E-state index in [0.29, 0.717) is 12.1 Å². The molecular weight excluding hydrogens is 263 g/mol. The summed E-state index contributed by atoms with van der Waals surface area (Å²) in [7, 11) is 0. The first kappa shape index (κ1) is 14.4. The smallest absolute Gasteiger partial charge is 0.419 e. The van der Waals surface area contributed by atoms with Crippen LogP contribution in [0, 0.1) is 5.82 Å². The number of aliphatic carboxylic acids is 1. The van der Waals surface area contributed by atoms with Crippen LogP contribution in [0.3, 0.4) is 0 Å². The highest BCUT2D eigenvalue weighted by atomic mass is 19.4. The molecule has 1 rings (SSSR count). The van der Waals surface area contributed by atoms with Crippen molar-refractivity contribution in [3.63, 3.8) is 0 Å². The summed E-state index contributed by atoms with van der Waals surface area (Å²) in [4.78, 5) is 10.2. The monoisotopic (exact) mass is 270 g/mol. The van der Waals surface area contributed by atoms with Crippen LogP contribution in [0.15, 0.2) is 18.2 Å². The SMILES string of the molecule is O=C(O)C(F)C(O)c1ccc(F)c(C(F)(F)F)c1. The number of hydrogen-bond acceptors (Lipinski definition) is 2. The summed E-state index contributed by atoms with van der Waals surface area (Å²) in [5.41, 5.74) is -2.37. The maximum Gasteiger partial charge on any atom is 0.419 e. The summed E-state index contributed by atoms with van der Waals surface area (Å²) in [6.07, 6.45) is -10.1. The predicted molar refractivity (Wildman–Crippen MR) is 48.9 cm³/mol. The summed E-state index contributed by atoms with van der Waals surface area (Å²) in [5.74, 6) is -3.62. The van der Waals surface area contributed by atoms with E-state index in [2.05, 4.69) is 0 Å². The molecule has 100 valence electrons. The maximum absolute atomic E-state index is 12.9. The first-order chi connectivity index (χ1) is 8.14. The van der Waals surface area contributed by atoms with Crippen molar-refractivity contribution in [2.45, 2.75) is 18.5 Å². The van der Waals surface area contributed by atoms with E-state index in [0.717, 1.165) is 0 Å². The maximum atomic E-state index is 12.9. The van der Waals surface area contributed by atoms with Gasteiger partial charge in [-0.3, -0.25) is 0 Å². The van der Waals surface area contributed by atoms with Gasteiger partial charge in [0.1, 0.15) is 11.9 Å². The Morgan fingerprint density at radius 2 is 1.83 bits per heavy atom. The highest BCUT2D eigenvalue weighted by molar-refractivity contribution is 5.73. The predicted octanol–water partition coefficient (Wildman–Crippen LogP) is 2.30. The summed E-state index contributed by atoms with van der Waals surface area (Å²) in [5, 5.41) is 17.5. The fraction of sp³-hybridized carbons (Fsp3) is 0.300. The van der Waals surface area contributed by atoms with Crippen molar-refractivity contribution in [2.24, 2.45) is 0 Å². The Hall–Kier alpha value is -1.70. The lowest BCUT2D eigenvalue weighted by molar-refractivity contribution is -0.147. The lowest BCUT2D eigenvalue weighted by Gasteiger charge is -2.15. The highest BCUT2D eigenvalue weighted by Gasteiger charge is 2.36. The molecule has 18 heavy (non-hydrogen) atoms. The molecule has 0 aromatic heterocycles. The van der Waals surface area contributed by atoms with E-state index in [1.54, 1.807) is 0 Å². The number of hydrogen-bond donors (Lipinski definition) is 2. The Kier molecular flexibility index (Phi) is 3.90. The van der Waals surface area contributed by atoms with Crippen molar-refractivity contribution < 1.29 is 37.0 Å². The minimum Gasteiger partial charge on any atom is -0.479 e. The van der Waals surface area contributed by atoms with Crippen LogP contribution in [0.25, 0.3) is 0 Å². The van der Waals surface area contributed by atoms with Crippen LogP contribution in [0.2, 0.25) is 0 Å². The molecule has 0 fully saturated rings. The number of halogens is 5. The number of carbonyl (C=O) groups is 1. The Morgan fingerprint density at radius 1 is 1.28 bits per heavy atom. The van der Waals surface area contributed by atoms with Gasteiger partial charge in [0.25, 0.3) is 0 Å². The molecule has 0 saturated carbocycles. The molecule has 1 aromatic carbocycles. The lowest BCUT2D eigenvalue weighted by atomic mass is 10.0. The zero-order valence-electron chi connectivity index (χ0n) is 8.58. The third kappa shape index (κ3) is 2.95. The van der Waals surface area contributed by atoms with Gasteiger partial charge in [-0.2, -0.15) is 13.2 Å². The number of carboxylic acid groups (broad SMARTS) is 1. The van der Waals surface area contributed by atoms with Crippen molar-refractivity contribution in [3.8, 4) is 0 Å². The second kappa shape index (κ2) is 4.89. The quantitative estimate of drug-likeness (QED) is 0.828. The van der Waals surface area contributed by atoms with Gasteiger partial charge in [0.15, 0.2) is 0 Å². The Morgan fingerprint density at radius 3 is 2.28 bits per heavy atom. The van der Waals surface area contributed by atoms with Crippen LogP contribution in [0.1, 0.15) is 17.2 Å². The van der Waals surface area contributed by atoms with Crippen LogP contribution in [-0.2, 0) is 11.0 Å². The molecule has 0 saturated heterocycles. The first-order valence-corrected chi connectivity index (χ1v) is 4.56. The number of benzene rings is 1. The largest absolute Gasteiger partial charge is 0.479 e. The van der Waals surface area contributed by atoms with Gasteiger partial charge in [-0.05, 0) is 17.7 Å². The Labute approximate surface area is 97.5 Å². The average Bonchev–Trinajstić information content (AvgIpc) is 2.26. The van der Waals surface area contributed by atoms with Crippen molar-refractivity contribution >= 4 is 5.97 Å². The third-order valence-corrected chi connectivity index (χ3v) is 2.15. The zero-order valence-corrected chi connectivity index (χ0v) is 8.58. The normalized spacial score (nSPS) is 15.2. The molecule has 2 atom stereocenters. The summed E-state index contributed by atoms with van der Waals surface area (Å²) in [6.45, 7) is 0. The summed E-state index contributed by atoms with van der Waals surface area (Å²) in [6, 6.07) is 1.25. The van der Waals surface area contributed by atoms with Crippen molar-refractivity contribution in [2.75, 3.05) is 0 Å². The molecule has 0 amide bonds. The second-order valence-corrected chi connectivity index (χ2v) is 3.42. The van der Waals surface area contributed by atoms with Crippen LogP contribution in [0.4, 0.5) is 22.0 Å². The molecule has 0 bridgehead atoms. The van der Waals surface area contributed by atoms with Crippen molar-refractivity contribution in [1.29, 1.82) is 0 Å². The molecule has 0 aliphatic rings. The van der Waals surface area contributed by atoms with E-state index >= 15 is 0 Å². The fourth-order valence-corrected chi connectivity index (χ4v) is 1.25. The molecule has 2 unspecified atom stereocenters. The van der Waals surface area contributed by atoms with E-state index in [9.17, 15) is 31.9 Å². The number of aliphatic hydroxyl groups is 1. The molecule has 2 N–H and O–H groups in total. The molecule has 3 nitrogen and oxygen atoms in total. The van der Waals surface area contributed by atoms with Gasteiger partial charge >= 0.3 is 12.1 Å². The van der Waals surface area contributed by atoms with E-state index in [1.165, 1.54) is 0 Å². The van der Waals surface area contributed by atoms with Gasteiger partial charge in [0, 0.05) is 0 Å². The van der Waals surface area contributed by atoms with Crippen LogP contribution in [-0.4, -0.2) is 22.4 Å². The molecule has 0 spiro atoms. The molecule has 0 radical (unpaired) electrons. The van der Waals surface area contributed by atoms with Gasteiger partial charge in [-0.1, -0.05) is 6.07 Å². The zero-order chi connectivity index (χ0) is 14.1. The van der Waals surface area contributed by atoms with Gasteiger partial charge < -0.3 is 10.2 Å². The summed E-state index contributed by atoms with van der Waals surface area (Å²) >= 11 is 0. The standard InChI is InChI=1S/C10H7F5O3/c11-6-2-1-4(3-5(6)10(13,14)15)8(16)7(12)9(17)18/h1-3,7-8,16H,(H,17,18). The topological polar surface area (TPSA) is 57.5 Å². The van der Waals surface area contributed by atoms with Crippen LogP contribution < -0.4 is 0 Å². The minimum absolute atomic E-state index is 0.176. The second-order valence-electron chi connectivity index (χ2n) is 3.42. The van der Waals surface area contributed by atoms with E-state index in [4.69, 9.17) is 5.11 Å². The van der Waals surface area contributed by atoms with Gasteiger partial charge in [0.05, 0.1) is 5.56 Å². The minimum atomic E-state index is -5.02. The van der Waals surface area contributed by atoms with Gasteiger partial charge in [0.2, 0.25) is 6.17 Å². The van der Waals surface area contributed by atoms with E-state index < -0.39 is 41.4 Å². The van der Waals surface area contributed by atoms with Crippen molar-refractivity contribution in [1.82, 2.24) is 0 Å². The number of carboxylic acids is 1. The molecule has 1 aromatic rings. The molecule has 0 aliphatic heterocycles. The molecule has 8 heteroatoms. The first-order valence-electron chi connectivity index (χ1n) is 4.56. The average molecular weight is 270 g/mol. The number of alkyl halides is 4.